The van der Waals surface area contributed by atoms with Gasteiger partial charge < -0.3 is 9.88 Å². The highest BCUT2D eigenvalue weighted by Crippen LogP contribution is 2.44. The third-order valence-electron chi connectivity index (χ3n) is 4.05. The van der Waals surface area contributed by atoms with Gasteiger partial charge in [-0.15, -0.1) is 0 Å². The summed E-state index contributed by atoms with van der Waals surface area (Å²) in [4.78, 5) is 4.52. The SMILES string of the molecule is CC1CCC2(C1)NCCc1ncn(C)c12. The summed E-state index contributed by atoms with van der Waals surface area (Å²) >= 11 is 0. The molecule has 1 aliphatic heterocycles. The maximum atomic E-state index is 4.52. The van der Waals surface area contributed by atoms with E-state index in [1.807, 2.05) is 6.33 Å². The predicted octanol–water partition coefficient (Wildman–Crippen LogP) is 1.58. The summed E-state index contributed by atoms with van der Waals surface area (Å²) in [5, 5.41) is 3.75. The summed E-state index contributed by atoms with van der Waals surface area (Å²) in [5.41, 5.74) is 3.03. The fourth-order valence-electron chi connectivity index (χ4n) is 3.45. The number of hydrogen-bond donors (Lipinski definition) is 1. The first kappa shape index (κ1) is 9.40. The van der Waals surface area contributed by atoms with Gasteiger partial charge in [0.1, 0.15) is 0 Å². The quantitative estimate of drug-likeness (QED) is 0.697. The van der Waals surface area contributed by atoms with Gasteiger partial charge in [-0.25, -0.2) is 4.98 Å². The van der Waals surface area contributed by atoms with Crippen LogP contribution in [-0.2, 0) is 19.0 Å². The van der Waals surface area contributed by atoms with Gasteiger partial charge in [-0.3, -0.25) is 0 Å². The first-order chi connectivity index (χ1) is 7.21. The normalized spacial score (nSPS) is 34.7. The predicted molar refractivity (Wildman–Crippen MR) is 59.6 cm³/mol. The second-order valence-corrected chi connectivity index (χ2v) is 5.26. The van der Waals surface area contributed by atoms with Gasteiger partial charge in [-0.1, -0.05) is 6.92 Å². The first-order valence-corrected chi connectivity index (χ1v) is 5.97. The highest BCUT2D eigenvalue weighted by Gasteiger charge is 2.43. The highest BCUT2D eigenvalue weighted by molar-refractivity contribution is 5.28. The lowest BCUT2D eigenvalue weighted by atomic mass is 9.87. The topological polar surface area (TPSA) is 29.9 Å². The smallest absolute Gasteiger partial charge is 0.0949 e. The van der Waals surface area contributed by atoms with Gasteiger partial charge in [-0.2, -0.15) is 0 Å². The van der Waals surface area contributed by atoms with Crippen LogP contribution in [0.5, 0.6) is 0 Å². The molecule has 82 valence electrons. The molecular weight excluding hydrogens is 186 g/mol. The largest absolute Gasteiger partial charge is 0.336 e. The molecule has 15 heavy (non-hydrogen) atoms. The molecular formula is C12H19N3. The minimum Gasteiger partial charge on any atom is -0.336 e. The van der Waals surface area contributed by atoms with Crippen molar-refractivity contribution in [2.45, 2.75) is 38.1 Å². The van der Waals surface area contributed by atoms with Crippen molar-refractivity contribution in [3.8, 4) is 0 Å². The van der Waals surface area contributed by atoms with E-state index in [-0.39, 0.29) is 5.54 Å². The molecule has 3 heteroatoms. The van der Waals surface area contributed by atoms with Crippen LogP contribution < -0.4 is 5.32 Å². The van der Waals surface area contributed by atoms with Crippen LogP contribution in [-0.4, -0.2) is 16.1 Å². The van der Waals surface area contributed by atoms with Crippen LogP contribution in [0, 0.1) is 5.92 Å². The molecule has 2 atom stereocenters. The van der Waals surface area contributed by atoms with Gasteiger partial charge in [0, 0.05) is 20.0 Å². The number of aromatic nitrogens is 2. The molecule has 1 N–H and O–H groups in total. The number of imidazole rings is 1. The average molecular weight is 205 g/mol. The number of nitrogens with one attached hydrogen (secondary N) is 1. The molecule has 1 aliphatic carbocycles. The minimum absolute atomic E-state index is 0.248. The van der Waals surface area contributed by atoms with E-state index in [1.54, 1.807) is 0 Å². The molecule has 0 bridgehead atoms. The van der Waals surface area contributed by atoms with Crippen LogP contribution in [0.1, 0.15) is 37.6 Å². The molecule has 2 aliphatic rings. The summed E-state index contributed by atoms with van der Waals surface area (Å²) in [6.07, 6.45) is 6.96. The third-order valence-corrected chi connectivity index (χ3v) is 4.05. The van der Waals surface area contributed by atoms with Crippen molar-refractivity contribution in [1.82, 2.24) is 14.9 Å². The number of rotatable bonds is 0. The Bertz CT molecular complexity index is 382. The Labute approximate surface area is 90.9 Å². The molecule has 1 spiro atoms. The van der Waals surface area contributed by atoms with Crippen LogP contribution in [0.25, 0.3) is 0 Å². The standard InChI is InChI=1S/C12H19N3/c1-9-3-5-12(7-9)11-10(4-6-14-12)13-8-15(11)2/h8-9,14H,3-7H2,1-2H3. The van der Waals surface area contributed by atoms with E-state index in [0.717, 1.165) is 18.9 Å². The molecule has 0 radical (unpaired) electrons. The molecule has 1 saturated carbocycles. The number of nitrogens with zero attached hydrogens (tertiary/aromatic N) is 2. The van der Waals surface area contributed by atoms with Crippen molar-refractivity contribution >= 4 is 0 Å². The molecule has 0 saturated heterocycles. The van der Waals surface area contributed by atoms with Crippen molar-refractivity contribution in [3.05, 3.63) is 17.7 Å². The molecule has 2 unspecified atom stereocenters. The summed E-state index contributed by atoms with van der Waals surface area (Å²) in [6, 6.07) is 0. The van der Waals surface area contributed by atoms with Crippen molar-refractivity contribution < 1.29 is 0 Å². The summed E-state index contributed by atoms with van der Waals surface area (Å²) in [7, 11) is 2.13. The number of fused-ring (bicyclic) bond motifs is 2. The summed E-state index contributed by atoms with van der Waals surface area (Å²) in [6.45, 7) is 3.46. The fourth-order valence-corrected chi connectivity index (χ4v) is 3.45. The maximum absolute atomic E-state index is 4.52. The van der Waals surface area contributed by atoms with Crippen molar-refractivity contribution in [2.24, 2.45) is 13.0 Å². The Morgan fingerprint density at radius 1 is 1.60 bits per heavy atom. The lowest BCUT2D eigenvalue weighted by Gasteiger charge is -2.35. The van der Waals surface area contributed by atoms with Gasteiger partial charge in [-0.05, 0) is 25.2 Å². The molecule has 3 nitrogen and oxygen atoms in total. The van der Waals surface area contributed by atoms with Gasteiger partial charge in [0.15, 0.2) is 0 Å². The Balaban J connectivity index is 2.08. The van der Waals surface area contributed by atoms with Gasteiger partial charge >= 0.3 is 0 Å². The molecule has 1 aromatic heterocycles. The lowest BCUT2D eigenvalue weighted by molar-refractivity contribution is 0.296. The molecule has 2 heterocycles. The molecule has 1 fully saturated rings. The van der Waals surface area contributed by atoms with Gasteiger partial charge in [0.25, 0.3) is 0 Å². The Hall–Kier alpha value is -0.830. The lowest BCUT2D eigenvalue weighted by Crippen LogP contribution is -2.46. The van der Waals surface area contributed by atoms with Crippen molar-refractivity contribution in [3.63, 3.8) is 0 Å². The molecule has 0 amide bonds. The molecule has 1 aromatic rings. The second-order valence-electron chi connectivity index (χ2n) is 5.26. The van der Waals surface area contributed by atoms with Crippen molar-refractivity contribution in [1.29, 1.82) is 0 Å². The van der Waals surface area contributed by atoms with E-state index >= 15 is 0 Å². The van der Waals surface area contributed by atoms with Gasteiger partial charge in [0.05, 0.1) is 23.3 Å². The summed E-state index contributed by atoms with van der Waals surface area (Å²) in [5.74, 6) is 0.846. The molecule has 0 aromatic carbocycles. The number of hydrogen-bond acceptors (Lipinski definition) is 2. The zero-order valence-electron chi connectivity index (χ0n) is 9.58. The van der Waals surface area contributed by atoms with E-state index in [1.165, 1.54) is 30.7 Å². The summed E-state index contributed by atoms with van der Waals surface area (Å²) < 4.78 is 2.22. The average Bonchev–Trinajstić information content (AvgIpc) is 2.74. The minimum atomic E-state index is 0.248. The zero-order valence-corrected chi connectivity index (χ0v) is 9.58. The van der Waals surface area contributed by atoms with Crippen LogP contribution >= 0.6 is 0 Å². The Morgan fingerprint density at radius 3 is 3.20 bits per heavy atom. The first-order valence-electron chi connectivity index (χ1n) is 5.97. The second kappa shape index (κ2) is 3.08. The third kappa shape index (κ3) is 1.26. The molecule has 3 rings (SSSR count). The zero-order chi connectivity index (χ0) is 10.5. The van der Waals surface area contributed by atoms with E-state index in [2.05, 4.69) is 28.8 Å². The van der Waals surface area contributed by atoms with E-state index in [0.29, 0.717) is 0 Å². The van der Waals surface area contributed by atoms with E-state index in [4.69, 9.17) is 0 Å². The van der Waals surface area contributed by atoms with E-state index < -0.39 is 0 Å². The van der Waals surface area contributed by atoms with Crippen LogP contribution in [0.4, 0.5) is 0 Å². The fraction of sp³-hybridized carbons (Fsp3) is 0.750. The monoisotopic (exact) mass is 205 g/mol. The van der Waals surface area contributed by atoms with Crippen LogP contribution in [0.15, 0.2) is 6.33 Å². The Kier molecular flexibility index (Phi) is 1.93. The highest BCUT2D eigenvalue weighted by atomic mass is 15.1. The maximum Gasteiger partial charge on any atom is 0.0949 e. The van der Waals surface area contributed by atoms with Gasteiger partial charge in [0.2, 0.25) is 0 Å². The number of aryl methyl sites for hydroxylation is 1. The Morgan fingerprint density at radius 2 is 2.47 bits per heavy atom. The van der Waals surface area contributed by atoms with Crippen molar-refractivity contribution in [2.75, 3.05) is 6.54 Å². The van der Waals surface area contributed by atoms with Crippen LogP contribution in [0.3, 0.4) is 0 Å². The van der Waals surface area contributed by atoms with Crippen LogP contribution in [0.2, 0.25) is 0 Å². The van der Waals surface area contributed by atoms with E-state index in [9.17, 15) is 0 Å².